The Kier molecular flexibility index (Phi) is 4.83. The van der Waals surface area contributed by atoms with E-state index in [-0.39, 0.29) is 12.5 Å². The number of hydrogen-bond donors (Lipinski definition) is 2. The number of likely N-dealkylation sites (N-methyl/N-ethyl adjacent to an activating group) is 1. The summed E-state index contributed by atoms with van der Waals surface area (Å²) in [6, 6.07) is 7.76. The van der Waals surface area contributed by atoms with Crippen LogP contribution in [0.4, 0.5) is 0 Å². The molecule has 0 bridgehead atoms. The van der Waals surface area contributed by atoms with Crippen molar-refractivity contribution < 1.29 is 14.6 Å². The van der Waals surface area contributed by atoms with Crippen LogP contribution in [0.25, 0.3) is 10.9 Å². The van der Waals surface area contributed by atoms with Crippen molar-refractivity contribution in [3.63, 3.8) is 0 Å². The molecule has 1 aliphatic rings. The molecule has 1 aromatic heterocycles. The van der Waals surface area contributed by atoms with E-state index in [1.807, 2.05) is 42.4 Å². The first-order chi connectivity index (χ1) is 11.1. The van der Waals surface area contributed by atoms with E-state index in [4.69, 9.17) is 4.74 Å². The molecule has 0 radical (unpaired) electrons. The fourth-order valence-corrected chi connectivity index (χ4v) is 2.92. The molecule has 23 heavy (non-hydrogen) atoms. The highest BCUT2D eigenvalue weighted by Crippen LogP contribution is 2.24. The maximum absolute atomic E-state index is 11.9. The number of fused-ring (bicyclic) bond motifs is 1. The number of benzene rings is 1. The van der Waals surface area contributed by atoms with Crippen molar-refractivity contribution in [2.24, 2.45) is 0 Å². The number of ether oxygens (including phenoxy) is 1. The lowest BCUT2D eigenvalue weighted by Gasteiger charge is -2.22. The van der Waals surface area contributed by atoms with Gasteiger partial charge in [0.25, 0.3) is 0 Å². The highest BCUT2D eigenvalue weighted by molar-refractivity contribution is 5.85. The number of hydrogen-bond acceptors (Lipinski definition) is 4. The number of aliphatic hydroxyl groups excluding tert-OH is 1. The summed E-state index contributed by atoms with van der Waals surface area (Å²) in [5.41, 5.74) is 1.01. The Hall–Kier alpha value is -2.05. The molecule has 124 valence electrons. The number of β-amino-alcohol motifs (C(OH)–C–C–N with tert-alkyl or cyclic N) is 1. The monoisotopic (exact) mass is 317 g/mol. The zero-order chi connectivity index (χ0) is 16.2. The van der Waals surface area contributed by atoms with Crippen LogP contribution in [0, 0.1) is 0 Å². The second-order valence-corrected chi connectivity index (χ2v) is 6.06. The van der Waals surface area contributed by atoms with E-state index in [0.717, 1.165) is 36.2 Å². The Morgan fingerprint density at radius 1 is 1.35 bits per heavy atom. The van der Waals surface area contributed by atoms with Crippen molar-refractivity contribution in [3.05, 3.63) is 30.5 Å². The Morgan fingerprint density at radius 3 is 3.09 bits per heavy atom. The van der Waals surface area contributed by atoms with Gasteiger partial charge in [-0.3, -0.25) is 9.69 Å². The molecule has 6 heteroatoms. The Bertz CT molecular complexity index is 670. The molecule has 0 aliphatic carbocycles. The molecular formula is C17H23N3O3. The fraction of sp³-hybridized carbons (Fsp3) is 0.471. The predicted molar refractivity (Wildman–Crippen MR) is 88.5 cm³/mol. The number of aromatic amines is 1. The molecule has 0 spiro atoms. The van der Waals surface area contributed by atoms with Crippen LogP contribution in [0.2, 0.25) is 0 Å². The number of carbonyl (C=O) groups is 1. The number of nitrogens with zero attached hydrogens (tertiary/aromatic N) is 2. The number of aliphatic hydroxyl groups is 1. The molecular weight excluding hydrogens is 294 g/mol. The third kappa shape index (κ3) is 3.83. The van der Waals surface area contributed by atoms with Crippen molar-refractivity contribution in [3.8, 4) is 5.75 Å². The lowest BCUT2D eigenvalue weighted by Crippen LogP contribution is -2.40. The van der Waals surface area contributed by atoms with E-state index in [2.05, 4.69) is 4.98 Å². The van der Waals surface area contributed by atoms with Gasteiger partial charge in [0.2, 0.25) is 5.91 Å². The smallest absolute Gasteiger partial charge is 0.236 e. The van der Waals surface area contributed by atoms with Gasteiger partial charge in [-0.2, -0.15) is 0 Å². The lowest BCUT2D eigenvalue weighted by atomic mass is 10.2. The average molecular weight is 317 g/mol. The second kappa shape index (κ2) is 7.02. The maximum Gasteiger partial charge on any atom is 0.236 e. The standard InChI is InChI=1S/C17H23N3O3/c1-19-8-3-9-20(11-17(19)22)10-13(21)12-23-16-5-2-4-15-14(16)6-7-18-15/h2,4-7,13,18,21H,3,8-12H2,1H3/t13-/m1/s1. The molecule has 1 saturated heterocycles. The minimum absolute atomic E-state index is 0.104. The first-order valence-electron chi connectivity index (χ1n) is 7.97. The molecule has 2 aromatic rings. The van der Waals surface area contributed by atoms with Crippen molar-refractivity contribution in [2.45, 2.75) is 12.5 Å². The van der Waals surface area contributed by atoms with Crippen LogP contribution >= 0.6 is 0 Å². The minimum Gasteiger partial charge on any atom is -0.490 e. The van der Waals surface area contributed by atoms with Crippen LogP contribution in [0.5, 0.6) is 5.75 Å². The Morgan fingerprint density at radius 2 is 2.22 bits per heavy atom. The van der Waals surface area contributed by atoms with E-state index in [9.17, 15) is 9.90 Å². The number of amides is 1. The normalized spacial score (nSPS) is 18.2. The summed E-state index contributed by atoms with van der Waals surface area (Å²) < 4.78 is 5.77. The molecule has 2 N–H and O–H groups in total. The average Bonchev–Trinajstić information content (AvgIpc) is 2.95. The molecule has 3 rings (SSSR count). The molecule has 6 nitrogen and oxygen atoms in total. The quantitative estimate of drug-likeness (QED) is 0.866. The molecule has 1 aliphatic heterocycles. The van der Waals surface area contributed by atoms with Gasteiger partial charge in [0.15, 0.2) is 0 Å². The Labute approximate surface area is 135 Å². The number of rotatable bonds is 5. The van der Waals surface area contributed by atoms with Crippen LogP contribution in [-0.4, -0.2) is 71.7 Å². The van der Waals surface area contributed by atoms with E-state index in [0.29, 0.717) is 13.1 Å². The number of nitrogens with one attached hydrogen (secondary N) is 1. The van der Waals surface area contributed by atoms with Gasteiger partial charge in [0, 0.05) is 43.8 Å². The Balaban J connectivity index is 1.54. The summed E-state index contributed by atoms with van der Waals surface area (Å²) in [5, 5.41) is 11.2. The predicted octanol–water partition coefficient (Wildman–Crippen LogP) is 1.07. The first kappa shape index (κ1) is 15.8. The van der Waals surface area contributed by atoms with E-state index in [1.165, 1.54) is 0 Å². The second-order valence-electron chi connectivity index (χ2n) is 6.06. The third-order valence-electron chi connectivity index (χ3n) is 4.21. The minimum atomic E-state index is -0.625. The van der Waals surface area contributed by atoms with E-state index in [1.54, 1.807) is 4.90 Å². The summed E-state index contributed by atoms with van der Waals surface area (Å²) in [4.78, 5) is 18.7. The summed E-state index contributed by atoms with van der Waals surface area (Å²) in [6.45, 7) is 2.62. The van der Waals surface area contributed by atoms with Crippen LogP contribution in [0.1, 0.15) is 6.42 Å². The lowest BCUT2D eigenvalue weighted by molar-refractivity contribution is -0.130. The highest BCUT2D eigenvalue weighted by atomic mass is 16.5. The number of aromatic nitrogens is 1. The molecule has 0 unspecified atom stereocenters. The highest BCUT2D eigenvalue weighted by Gasteiger charge is 2.21. The van der Waals surface area contributed by atoms with Crippen LogP contribution in [0.15, 0.2) is 30.5 Å². The largest absolute Gasteiger partial charge is 0.490 e. The van der Waals surface area contributed by atoms with Gasteiger partial charge in [0.05, 0.1) is 6.54 Å². The van der Waals surface area contributed by atoms with Gasteiger partial charge in [-0.15, -0.1) is 0 Å². The van der Waals surface area contributed by atoms with Crippen molar-refractivity contribution >= 4 is 16.8 Å². The summed E-state index contributed by atoms with van der Waals surface area (Å²) in [6.07, 6.45) is 2.17. The molecule has 1 amide bonds. The molecule has 0 saturated carbocycles. The first-order valence-corrected chi connectivity index (χ1v) is 7.97. The number of carbonyl (C=O) groups excluding carboxylic acids is 1. The molecule has 2 heterocycles. The van der Waals surface area contributed by atoms with Crippen LogP contribution < -0.4 is 4.74 Å². The summed E-state index contributed by atoms with van der Waals surface area (Å²) in [7, 11) is 1.82. The molecule has 1 aromatic carbocycles. The maximum atomic E-state index is 11.9. The third-order valence-corrected chi connectivity index (χ3v) is 4.21. The van der Waals surface area contributed by atoms with E-state index >= 15 is 0 Å². The van der Waals surface area contributed by atoms with Gasteiger partial charge in [-0.05, 0) is 24.6 Å². The zero-order valence-electron chi connectivity index (χ0n) is 13.4. The van der Waals surface area contributed by atoms with Gasteiger partial charge >= 0.3 is 0 Å². The fourth-order valence-electron chi connectivity index (χ4n) is 2.92. The van der Waals surface area contributed by atoms with Gasteiger partial charge < -0.3 is 19.7 Å². The molecule has 1 atom stereocenters. The zero-order valence-corrected chi connectivity index (χ0v) is 13.4. The van der Waals surface area contributed by atoms with E-state index < -0.39 is 6.10 Å². The SMILES string of the molecule is CN1CCCN(C[C@@H](O)COc2cccc3[nH]ccc23)CC1=O. The number of H-pyrrole nitrogens is 1. The van der Waals surface area contributed by atoms with Gasteiger partial charge in [0.1, 0.15) is 18.5 Å². The van der Waals surface area contributed by atoms with Crippen LogP contribution in [0.3, 0.4) is 0 Å². The summed E-state index contributed by atoms with van der Waals surface area (Å²) >= 11 is 0. The van der Waals surface area contributed by atoms with Gasteiger partial charge in [-0.1, -0.05) is 6.07 Å². The van der Waals surface area contributed by atoms with Crippen molar-refractivity contribution in [2.75, 3.05) is 39.8 Å². The topological polar surface area (TPSA) is 68.8 Å². The molecule has 1 fully saturated rings. The summed E-state index contributed by atoms with van der Waals surface area (Å²) in [5.74, 6) is 0.863. The van der Waals surface area contributed by atoms with Crippen molar-refractivity contribution in [1.82, 2.24) is 14.8 Å². The van der Waals surface area contributed by atoms with Crippen LogP contribution in [-0.2, 0) is 4.79 Å². The van der Waals surface area contributed by atoms with Crippen molar-refractivity contribution in [1.29, 1.82) is 0 Å². The van der Waals surface area contributed by atoms with Gasteiger partial charge in [-0.25, -0.2) is 0 Å².